The Bertz CT molecular complexity index is 646. The van der Waals surface area contributed by atoms with Gasteiger partial charge < -0.3 is 19.6 Å². The van der Waals surface area contributed by atoms with E-state index in [0.717, 1.165) is 18.5 Å². The third-order valence-electron chi connectivity index (χ3n) is 4.92. The molecule has 0 aromatic carbocycles. The summed E-state index contributed by atoms with van der Waals surface area (Å²) in [7, 11) is 0. The van der Waals surface area contributed by atoms with Crippen LogP contribution in [-0.4, -0.2) is 68.7 Å². The van der Waals surface area contributed by atoms with Gasteiger partial charge >= 0.3 is 6.09 Å². The number of amides is 2. The molecule has 2 atom stereocenters. The van der Waals surface area contributed by atoms with E-state index in [9.17, 15) is 14.7 Å². The highest BCUT2D eigenvalue weighted by molar-refractivity contribution is 5.84. The lowest BCUT2D eigenvalue weighted by Gasteiger charge is -2.23. The van der Waals surface area contributed by atoms with Gasteiger partial charge in [-0.3, -0.25) is 9.78 Å². The largest absolute Gasteiger partial charge is 0.465 e. The molecule has 3 aliphatic rings. The first-order chi connectivity index (χ1) is 11.6. The number of ether oxygens (including phenoxy) is 1. The summed E-state index contributed by atoms with van der Waals surface area (Å²) >= 11 is 0. The van der Waals surface area contributed by atoms with Crippen molar-refractivity contribution in [1.29, 1.82) is 0 Å². The Morgan fingerprint density at radius 2 is 2.08 bits per heavy atom. The standard InChI is InChI=1S/C16H20N4O4/c21-15-13(24-14-8-17-12(7-18-14)10-2-3-10)6-11-9-19(16(22)23)4-1-5-20(11)15/h7-8,10-11,13H,1-6,9H2,(H,22,23)/t11-,13+/m0/s1. The van der Waals surface area contributed by atoms with Crippen LogP contribution in [0.4, 0.5) is 4.79 Å². The molecule has 0 radical (unpaired) electrons. The van der Waals surface area contributed by atoms with E-state index in [1.165, 1.54) is 4.90 Å². The van der Waals surface area contributed by atoms with Crippen molar-refractivity contribution in [2.75, 3.05) is 19.6 Å². The zero-order valence-electron chi connectivity index (χ0n) is 13.3. The maximum Gasteiger partial charge on any atom is 0.407 e. The van der Waals surface area contributed by atoms with Crippen LogP contribution in [0.25, 0.3) is 0 Å². The van der Waals surface area contributed by atoms with Crippen molar-refractivity contribution >= 4 is 12.0 Å². The van der Waals surface area contributed by atoms with Gasteiger partial charge in [0.1, 0.15) is 0 Å². The number of hydrogen-bond acceptors (Lipinski definition) is 5. The number of fused-ring (bicyclic) bond motifs is 1. The summed E-state index contributed by atoms with van der Waals surface area (Å²) in [6, 6.07) is -0.125. The molecule has 8 nitrogen and oxygen atoms in total. The number of aromatic nitrogens is 2. The van der Waals surface area contributed by atoms with Crippen molar-refractivity contribution < 1.29 is 19.4 Å². The van der Waals surface area contributed by atoms with Gasteiger partial charge in [-0.25, -0.2) is 9.78 Å². The van der Waals surface area contributed by atoms with E-state index in [4.69, 9.17) is 4.74 Å². The molecule has 128 valence electrons. The molecular weight excluding hydrogens is 312 g/mol. The molecule has 3 fully saturated rings. The first-order valence-corrected chi connectivity index (χ1v) is 8.39. The van der Waals surface area contributed by atoms with E-state index < -0.39 is 12.2 Å². The van der Waals surface area contributed by atoms with Gasteiger partial charge in [0.2, 0.25) is 5.88 Å². The van der Waals surface area contributed by atoms with Gasteiger partial charge in [-0.05, 0) is 19.3 Å². The minimum Gasteiger partial charge on any atom is -0.465 e. The Labute approximate surface area is 139 Å². The zero-order chi connectivity index (χ0) is 16.7. The predicted octanol–water partition coefficient (Wildman–Crippen LogP) is 1.09. The van der Waals surface area contributed by atoms with E-state index in [1.807, 2.05) is 0 Å². The monoisotopic (exact) mass is 332 g/mol. The van der Waals surface area contributed by atoms with Crippen LogP contribution in [0.1, 0.15) is 37.3 Å². The molecule has 1 aromatic rings. The van der Waals surface area contributed by atoms with Crippen LogP contribution in [0, 0.1) is 0 Å². The van der Waals surface area contributed by atoms with Crippen LogP contribution in [0.3, 0.4) is 0 Å². The van der Waals surface area contributed by atoms with Gasteiger partial charge in [0, 0.05) is 32.0 Å². The van der Waals surface area contributed by atoms with Crippen molar-refractivity contribution in [3.63, 3.8) is 0 Å². The molecule has 0 spiro atoms. The van der Waals surface area contributed by atoms with E-state index in [1.54, 1.807) is 17.3 Å². The van der Waals surface area contributed by atoms with Crippen molar-refractivity contribution in [2.45, 2.75) is 43.7 Å². The van der Waals surface area contributed by atoms with Crippen molar-refractivity contribution in [3.05, 3.63) is 18.1 Å². The number of carboxylic acid groups (broad SMARTS) is 1. The third kappa shape index (κ3) is 2.88. The molecule has 24 heavy (non-hydrogen) atoms. The lowest BCUT2D eigenvalue weighted by atomic mass is 10.2. The number of hydrogen-bond donors (Lipinski definition) is 1. The van der Waals surface area contributed by atoms with Crippen molar-refractivity contribution in [3.8, 4) is 5.88 Å². The molecule has 2 amide bonds. The summed E-state index contributed by atoms with van der Waals surface area (Å²) < 4.78 is 5.74. The second kappa shape index (κ2) is 5.92. The normalized spacial score (nSPS) is 26.9. The lowest BCUT2D eigenvalue weighted by molar-refractivity contribution is -0.134. The molecule has 1 aromatic heterocycles. The maximum absolute atomic E-state index is 12.5. The van der Waals surface area contributed by atoms with Gasteiger partial charge in [0.25, 0.3) is 5.91 Å². The maximum atomic E-state index is 12.5. The number of rotatable bonds is 3. The van der Waals surface area contributed by atoms with Gasteiger partial charge in [-0.2, -0.15) is 0 Å². The number of carbonyl (C=O) groups excluding carboxylic acids is 1. The number of carbonyl (C=O) groups is 2. The molecule has 0 unspecified atom stereocenters. The summed E-state index contributed by atoms with van der Waals surface area (Å²) in [5.41, 5.74) is 0.978. The van der Waals surface area contributed by atoms with E-state index in [0.29, 0.717) is 44.3 Å². The first-order valence-electron chi connectivity index (χ1n) is 8.39. The highest BCUT2D eigenvalue weighted by Gasteiger charge is 2.43. The van der Waals surface area contributed by atoms with E-state index in [-0.39, 0.29) is 11.9 Å². The summed E-state index contributed by atoms with van der Waals surface area (Å²) in [5.74, 6) is 0.796. The van der Waals surface area contributed by atoms with Crippen LogP contribution in [-0.2, 0) is 4.79 Å². The van der Waals surface area contributed by atoms with Crippen LogP contribution < -0.4 is 4.74 Å². The fraction of sp³-hybridized carbons (Fsp3) is 0.625. The van der Waals surface area contributed by atoms with Crippen LogP contribution in [0.5, 0.6) is 5.88 Å². The molecule has 2 aliphatic heterocycles. The van der Waals surface area contributed by atoms with Crippen molar-refractivity contribution in [2.24, 2.45) is 0 Å². The Hall–Kier alpha value is -2.38. The minimum absolute atomic E-state index is 0.0830. The summed E-state index contributed by atoms with van der Waals surface area (Å²) in [5, 5.41) is 9.20. The lowest BCUT2D eigenvalue weighted by Crippen LogP contribution is -2.40. The molecule has 1 N–H and O–H groups in total. The zero-order valence-corrected chi connectivity index (χ0v) is 13.3. The second-order valence-electron chi connectivity index (χ2n) is 6.66. The van der Waals surface area contributed by atoms with Gasteiger partial charge in [-0.15, -0.1) is 0 Å². The molecule has 8 heteroatoms. The van der Waals surface area contributed by atoms with E-state index >= 15 is 0 Å². The molecule has 2 saturated heterocycles. The molecule has 4 rings (SSSR count). The van der Waals surface area contributed by atoms with Crippen LogP contribution >= 0.6 is 0 Å². The average Bonchev–Trinajstić information content (AvgIpc) is 3.38. The van der Waals surface area contributed by atoms with Crippen molar-refractivity contribution in [1.82, 2.24) is 19.8 Å². The Kier molecular flexibility index (Phi) is 3.74. The minimum atomic E-state index is -0.935. The first kappa shape index (κ1) is 15.2. The quantitative estimate of drug-likeness (QED) is 0.890. The Morgan fingerprint density at radius 1 is 1.25 bits per heavy atom. The van der Waals surface area contributed by atoms with Gasteiger partial charge in [0.15, 0.2) is 6.10 Å². The molecule has 3 heterocycles. The molecule has 1 saturated carbocycles. The molecule has 0 bridgehead atoms. The Morgan fingerprint density at radius 3 is 2.75 bits per heavy atom. The summed E-state index contributed by atoms with van der Waals surface area (Å²) in [6.07, 6.45) is 5.20. The molecular formula is C16H20N4O4. The van der Waals surface area contributed by atoms with E-state index in [2.05, 4.69) is 9.97 Å². The smallest absolute Gasteiger partial charge is 0.407 e. The van der Waals surface area contributed by atoms with Crippen LogP contribution in [0.15, 0.2) is 12.4 Å². The topological polar surface area (TPSA) is 95.9 Å². The van der Waals surface area contributed by atoms with Crippen LogP contribution in [0.2, 0.25) is 0 Å². The summed E-state index contributed by atoms with van der Waals surface area (Å²) in [4.78, 5) is 35.5. The summed E-state index contributed by atoms with van der Waals surface area (Å²) in [6.45, 7) is 1.38. The number of nitrogens with zero attached hydrogens (tertiary/aromatic N) is 4. The SMILES string of the molecule is O=C(O)N1CCCN2C(=O)[C@H](Oc3cnc(C4CC4)cn3)C[C@H]2C1. The predicted molar refractivity (Wildman–Crippen MR) is 82.8 cm³/mol. The highest BCUT2D eigenvalue weighted by Crippen LogP contribution is 2.38. The Balaban J connectivity index is 1.43. The molecule has 1 aliphatic carbocycles. The fourth-order valence-electron chi connectivity index (χ4n) is 3.48. The third-order valence-corrected chi connectivity index (χ3v) is 4.92. The second-order valence-corrected chi connectivity index (χ2v) is 6.66. The van der Waals surface area contributed by atoms with Gasteiger partial charge in [-0.1, -0.05) is 0 Å². The highest BCUT2D eigenvalue weighted by atomic mass is 16.5. The van der Waals surface area contributed by atoms with Gasteiger partial charge in [0.05, 0.1) is 24.1 Å². The fourth-order valence-corrected chi connectivity index (χ4v) is 3.48. The average molecular weight is 332 g/mol.